The standard InChI is InChI=1S/C18H18N2S/c1-2-13-3-5-14(6-4-13)12-20-10-9-15-11-16(18(19)21)7-8-17(15)20/h3-11H,2,12H2,1H3,(H2,19,21). The summed E-state index contributed by atoms with van der Waals surface area (Å²) in [5.74, 6) is 0. The van der Waals surface area contributed by atoms with Crippen molar-refractivity contribution < 1.29 is 0 Å². The zero-order chi connectivity index (χ0) is 14.8. The molecule has 0 atom stereocenters. The van der Waals surface area contributed by atoms with E-state index in [1.54, 1.807) is 0 Å². The Morgan fingerprint density at radius 1 is 1.05 bits per heavy atom. The minimum atomic E-state index is 0.444. The summed E-state index contributed by atoms with van der Waals surface area (Å²) in [7, 11) is 0. The van der Waals surface area contributed by atoms with Crippen molar-refractivity contribution in [3.05, 3.63) is 71.4 Å². The number of hydrogen-bond acceptors (Lipinski definition) is 1. The highest BCUT2D eigenvalue weighted by molar-refractivity contribution is 7.80. The Hall–Kier alpha value is -2.13. The van der Waals surface area contributed by atoms with Crippen LogP contribution in [-0.4, -0.2) is 9.56 Å². The Balaban J connectivity index is 1.91. The van der Waals surface area contributed by atoms with Gasteiger partial charge in [0.2, 0.25) is 0 Å². The van der Waals surface area contributed by atoms with E-state index in [9.17, 15) is 0 Å². The lowest BCUT2D eigenvalue weighted by molar-refractivity contribution is 0.836. The Bertz CT molecular complexity index is 785. The maximum absolute atomic E-state index is 5.69. The van der Waals surface area contributed by atoms with Crippen LogP contribution in [0.15, 0.2) is 54.7 Å². The molecule has 106 valence electrons. The molecule has 1 heterocycles. The van der Waals surface area contributed by atoms with Gasteiger partial charge in [-0.05, 0) is 41.8 Å². The number of aromatic nitrogens is 1. The summed E-state index contributed by atoms with van der Waals surface area (Å²) in [5.41, 5.74) is 10.5. The predicted octanol–water partition coefficient (Wildman–Crippen LogP) is 3.89. The van der Waals surface area contributed by atoms with E-state index in [0.29, 0.717) is 4.99 Å². The molecule has 2 N–H and O–H groups in total. The number of benzene rings is 2. The van der Waals surface area contributed by atoms with Gasteiger partial charge in [0.25, 0.3) is 0 Å². The molecule has 3 heteroatoms. The van der Waals surface area contributed by atoms with Gasteiger partial charge in [-0.25, -0.2) is 0 Å². The molecule has 0 aliphatic carbocycles. The maximum Gasteiger partial charge on any atom is 0.104 e. The van der Waals surface area contributed by atoms with Crippen molar-refractivity contribution in [2.24, 2.45) is 5.73 Å². The van der Waals surface area contributed by atoms with Gasteiger partial charge < -0.3 is 10.3 Å². The van der Waals surface area contributed by atoms with Gasteiger partial charge in [-0.1, -0.05) is 43.4 Å². The fourth-order valence-corrected chi connectivity index (χ4v) is 2.70. The van der Waals surface area contributed by atoms with Gasteiger partial charge in [-0.3, -0.25) is 0 Å². The van der Waals surface area contributed by atoms with Gasteiger partial charge in [0.15, 0.2) is 0 Å². The zero-order valence-corrected chi connectivity index (χ0v) is 12.9. The average Bonchev–Trinajstić information content (AvgIpc) is 2.90. The summed E-state index contributed by atoms with van der Waals surface area (Å²) in [4.78, 5) is 0.444. The fourth-order valence-electron chi connectivity index (χ4n) is 2.57. The van der Waals surface area contributed by atoms with Crippen LogP contribution in [0.2, 0.25) is 0 Å². The molecule has 2 nitrogen and oxygen atoms in total. The molecule has 0 aliphatic rings. The highest BCUT2D eigenvalue weighted by Gasteiger charge is 2.04. The van der Waals surface area contributed by atoms with Crippen LogP contribution in [0.1, 0.15) is 23.6 Å². The van der Waals surface area contributed by atoms with Crippen LogP contribution < -0.4 is 5.73 Å². The van der Waals surface area contributed by atoms with Gasteiger partial charge in [-0.15, -0.1) is 0 Å². The van der Waals surface area contributed by atoms with Gasteiger partial charge in [0.1, 0.15) is 4.99 Å². The van der Waals surface area contributed by atoms with E-state index in [0.717, 1.165) is 18.5 Å². The Morgan fingerprint density at radius 3 is 2.43 bits per heavy atom. The van der Waals surface area contributed by atoms with Crippen LogP contribution in [-0.2, 0) is 13.0 Å². The highest BCUT2D eigenvalue weighted by Crippen LogP contribution is 2.19. The van der Waals surface area contributed by atoms with E-state index in [1.165, 1.54) is 22.0 Å². The second kappa shape index (κ2) is 5.70. The summed E-state index contributed by atoms with van der Waals surface area (Å²) in [6.45, 7) is 3.05. The summed E-state index contributed by atoms with van der Waals surface area (Å²) in [5, 5.41) is 1.17. The molecule has 0 unspecified atom stereocenters. The van der Waals surface area contributed by atoms with E-state index >= 15 is 0 Å². The summed E-state index contributed by atoms with van der Waals surface area (Å²) in [6.07, 6.45) is 3.19. The molecule has 3 rings (SSSR count). The van der Waals surface area contributed by atoms with E-state index in [2.05, 4.69) is 54.1 Å². The summed E-state index contributed by atoms with van der Waals surface area (Å²) in [6, 6.07) is 17.0. The second-order valence-corrected chi connectivity index (χ2v) is 5.69. The lowest BCUT2D eigenvalue weighted by Gasteiger charge is -2.07. The maximum atomic E-state index is 5.69. The molecule has 0 amide bonds. The molecule has 2 aromatic carbocycles. The normalized spacial score (nSPS) is 10.9. The number of fused-ring (bicyclic) bond motifs is 1. The minimum Gasteiger partial charge on any atom is -0.389 e. The molecular formula is C18H18N2S. The van der Waals surface area contributed by atoms with Crippen LogP contribution in [0.4, 0.5) is 0 Å². The van der Waals surface area contributed by atoms with Gasteiger partial charge in [0.05, 0.1) is 0 Å². The lowest BCUT2D eigenvalue weighted by atomic mass is 10.1. The van der Waals surface area contributed by atoms with Crippen LogP contribution in [0.5, 0.6) is 0 Å². The third-order valence-corrected chi connectivity index (χ3v) is 4.08. The van der Waals surface area contributed by atoms with Crippen molar-refractivity contribution in [2.75, 3.05) is 0 Å². The lowest BCUT2D eigenvalue weighted by Crippen LogP contribution is -2.08. The Labute approximate surface area is 130 Å². The molecule has 0 spiro atoms. The monoisotopic (exact) mass is 294 g/mol. The van der Waals surface area contributed by atoms with Crippen LogP contribution in [0, 0.1) is 0 Å². The van der Waals surface area contributed by atoms with E-state index in [4.69, 9.17) is 18.0 Å². The van der Waals surface area contributed by atoms with Crippen molar-refractivity contribution in [3.63, 3.8) is 0 Å². The third kappa shape index (κ3) is 2.83. The molecule has 0 bridgehead atoms. The predicted molar refractivity (Wildman–Crippen MR) is 92.7 cm³/mol. The molecule has 0 aliphatic heterocycles. The first-order valence-electron chi connectivity index (χ1n) is 7.14. The first kappa shape index (κ1) is 13.8. The van der Waals surface area contributed by atoms with E-state index < -0.39 is 0 Å². The average molecular weight is 294 g/mol. The molecule has 0 saturated heterocycles. The van der Waals surface area contributed by atoms with Crippen molar-refractivity contribution in [2.45, 2.75) is 19.9 Å². The van der Waals surface area contributed by atoms with Gasteiger partial charge in [-0.2, -0.15) is 0 Å². The van der Waals surface area contributed by atoms with E-state index in [-0.39, 0.29) is 0 Å². The Morgan fingerprint density at radius 2 is 1.76 bits per heavy atom. The number of aryl methyl sites for hydroxylation is 1. The van der Waals surface area contributed by atoms with E-state index in [1.807, 2.05) is 12.1 Å². The zero-order valence-electron chi connectivity index (χ0n) is 12.0. The molecule has 1 aromatic heterocycles. The molecular weight excluding hydrogens is 276 g/mol. The Kier molecular flexibility index (Phi) is 3.76. The largest absolute Gasteiger partial charge is 0.389 e. The SMILES string of the molecule is CCc1ccc(Cn2ccc3cc(C(N)=S)ccc32)cc1. The fraction of sp³-hybridized carbons (Fsp3) is 0.167. The molecule has 0 fully saturated rings. The number of hydrogen-bond donors (Lipinski definition) is 1. The smallest absolute Gasteiger partial charge is 0.104 e. The minimum absolute atomic E-state index is 0.444. The number of thiocarbonyl (C=S) groups is 1. The third-order valence-electron chi connectivity index (χ3n) is 3.84. The first-order chi connectivity index (χ1) is 10.2. The quantitative estimate of drug-likeness (QED) is 0.740. The van der Waals surface area contributed by atoms with Crippen molar-refractivity contribution in [1.29, 1.82) is 0 Å². The summed E-state index contributed by atoms with van der Waals surface area (Å²) >= 11 is 5.03. The number of nitrogens with two attached hydrogens (primary N) is 1. The van der Waals surface area contributed by atoms with Crippen molar-refractivity contribution in [1.82, 2.24) is 4.57 Å². The second-order valence-electron chi connectivity index (χ2n) is 5.25. The van der Waals surface area contributed by atoms with Crippen molar-refractivity contribution >= 4 is 28.1 Å². The molecule has 21 heavy (non-hydrogen) atoms. The van der Waals surface area contributed by atoms with Crippen LogP contribution in [0.25, 0.3) is 10.9 Å². The highest BCUT2D eigenvalue weighted by atomic mass is 32.1. The molecule has 0 saturated carbocycles. The first-order valence-corrected chi connectivity index (χ1v) is 7.54. The molecule has 0 radical (unpaired) electrons. The number of nitrogens with zero attached hydrogens (tertiary/aromatic N) is 1. The van der Waals surface area contributed by atoms with Crippen molar-refractivity contribution in [3.8, 4) is 0 Å². The van der Waals surface area contributed by atoms with Crippen LogP contribution >= 0.6 is 12.2 Å². The molecule has 3 aromatic rings. The summed E-state index contributed by atoms with van der Waals surface area (Å²) < 4.78 is 2.25. The number of rotatable bonds is 4. The topological polar surface area (TPSA) is 30.9 Å². The van der Waals surface area contributed by atoms with Gasteiger partial charge >= 0.3 is 0 Å². The van der Waals surface area contributed by atoms with Gasteiger partial charge in [0, 0.05) is 29.2 Å². The van der Waals surface area contributed by atoms with Crippen LogP contribution in [0.3, 0.4) is 0 Å².